The third-order valence-corrected chi connectivity index (χ3v) is 2.36. The molecule has 0 aliphatic carbocycles. The number of pyridine rings is 1. The van der Waals surface area contributed by atoms with E-state index in [1.807, 2.05) is 0 Å². The summed E-state index contributed by atoms with van der Waals surface area (Å²) in [7, 11) is 0. The first-order valence-corrected chi connectivity index (χ1v) is 4.39. The highest BCUT2D eigenvalue weighted by atomic mass is 19.1. The van der Waals surface area contributed by atoms with Crippen molar-refractivity contribution in [1.82, 2.24) is 9.97 Å². The van der Waals surface area contributed by atoms with E-state index in [0.717, 1.165) is 0 Å². The lowest BCUT2D eigenvalue weighted by Gasteiger charge is -2.00. The van der Waals surface area contributed by atoms with Crippen molar-refractivity contribution >= 4 is 17.0 Å². The van der Waals surface area contributed by atoms with E-state index in [1.54, 1.807) is 13.8 Å². The molecule has 0 fully saturated rings. The van der Waals surface area contributed by atoms with Crippen LogP contribution >= 0.6 is 0 Å². The molecule has 0 radical (unpaired) electrons. The molecule has 0 saturated heterocycles. The van der Waals surface area contributed by atoms with Gasteiger partial charge in [-0.25, -0.2) is 14.2 Å². The predicted octanol–water partition coefficient (Wildman–Crippen LogP) is 2.02. The second-order valence-electron chi connectivity index (χ2n) is 3.39. The van der Waals surface area contributed by atoms with Crippen LogP contribution in [0.2, 0.25) is 0 Å². The third kappa shape index (κ3) is 1.36. The van der Waals surface area contributed by atoms with Gasteiger partial charge in [0.15, 0.2) is 0 Å². The van der Waals surface area contributed by atoms with Gasteiger partial charge in [-0.1, -0.05) is 0 Å². The summed E-state index contributed by atoms with van der Waals surface area (Å²) in [6, 6.07) is 1.39. The smallest absolute Gasteiger partial charge is 0.352 e. The Hall–Kier alpha value is -1.91. The van der Waals surface area contributed by atoms with Gasteiger partial charge in [-0.05, 0) is 25.5 Å². The van der Waals surface area contributed by atoms with Crippen molar-refractivity contribution in [2.24, 2.45) is 0 Å². The monoisotopic (exact) mass is 208 g/mol. The van der Waals surface area contributed by atoms with E-state index in [0.29, 0.717) is 16.6 Å². The number of H-pyrrole nitrogens is 1. The zero-order valence-electron chi connectivity index (χ0n) is 8.26. The standard InChI is InChI=1S/C10H9FN2O2/c1-4-6-3-7(10(14)15)13-9(6)12-5(2)8(4)11/h3H,1-2H3,(H,12,13)(H,14,15). The van der Waals surface area contributed by atoms with Gasteiger partial charge in [0.1, 0.15) is 17.2 Å². The maximum Gasteiger partial charge on any atom is 0.352 e. The Kier molecular flexibility index (Phi) is 1.96. The quantitative estimate of drug-likeness (QED) is 0.753. The van der Waals surface area contributed by atoms with Gasteiger partial charge in [-0.15, -0.1) is 0 Å². The highest BCUT2D eigenvalue weighted by Crippen LogP contribution is 2.22. The minimum atomic E-state index is -1.08. The lowest BCUT2D eigenvalue weighted by Crippen LogP contribution is -1.95. The van der Waals surface area contributed by atoms with Crippen LogP contribution in [0.3, 0.4) is 0 Å². The summed E-state index contributed by atoms with van der Waals surface area (Å²) in [6.07, 6.45) is 0. The zero-order valence-corrected chi connectivity index (χ0v) is 8.26. The number of nitrogens with one attached hydrogen (secondary N) is 1. The number of aromatic carboxylic acids is 1. The molecule has 0 bridgehead atoms. The molecule has 5 heteroatoms. The van der Waals surface area contributed by atoms with Crippen molar-refractivity contribution in [2.45, 2.75) is 13.8 Å². The third-order valence-electron chi connectivity index (χ3n) is 2.36. The van der Waals surface area contributed by atoms with E-state index in [1.165, 1.54) is 6.07 Å². The molecule has 2 N–H and O–H groups in total. The molecule has 78 valence electrons. The van der Waals surface area contributed by atoms with E-state index in [2.05, 4.69) is 9.97 Å². The highest BCUT2D eigenvalue weighted by Gasteiger charge is 2.14. The van der Waals surface area contributed by atoms with Crippen LogP contribution in [0.4, 0.5) is 4.39 Å². The number of carboxylic acid groups (broad SMARTS) is 1. The summed E-state index contributed by atoms with van der Waals surface area (Å²) < 4.78 is 13.4. The minimum absolute atomic E-state index is 0.0191. The van der Waals surface area contributed by atoms with E-state index in [-0.39, 0.29) is 11.4 Å². The minimum Gasteiger partial charge on any atom is -0.477 e. The Labute approximate surface area is 84.8 Å². The number of aromatic nitrogens is 2. The van der Waals surface area contributed by atoms with Gasteiger partial charge in [-0.2, -0.15) is 0 Å². The number of carbonyl (C=O) groups is 1. The van der Waals surface area contributed by atoms with Crippen molar-refractivity contribution in [3.63, 3.8) is 0 Å². The number of nitrogens with zero attached hydrogens (tertiary/aromatic N) is 1. The maximum atomic E-state index is 13.4. The van der Waals surface area contributed by atoms with Gasteiger partial charge < -0.3 is 10.1 Å². The molecule has 0 unspecified atom stereocenters. The molecule has 0 amide bonds. The van der Waals surface area contributed by atoms with E-state index < -0.39 is 11.8 Å². The second-order valence-corrected chi connectivity index (χ2v) is 3.39. The van der Waals surface area contributed by atoms with Crippen molar-refractivity contribution in [3.05, 3.63) is 28.8 Å². The fourth-order valence-electron chi connectivity index (χ4n) is 1.54. The topological polar surface area (TPSA) is 66.0 Å². The molecule has 0 aromatic carbocycles. The highest BCUT2D eigenvalue weighted by molar-refractivity contribution is 5.93. The van der Waals surface area contributed by atoms with Gasteiger partial charge in [0, 0.05) is 5.39 Å². The number of halogens is 1. The average molecular weight is 208 g/mol. The van der Waals surface area contributed by atoms with Crippen LogP contribution in [0, 0.1) is 19.7 Å². The number of rotatable bonds is 1. The molecule has 0 aliphatic rings. The number of hydrogen-bond donors (Lipinski definition) is 2. The Morgan fingerprint density at radius 2 is 2.20 bits per heavy atom. The molecule has 0 saturated carbocycles. The fraction of sp³-hybridized carbons (Fsp3) is 0.200. The van der Waals surface area contributed by atoms with E-state index in [9.17, 15) is 9.18 Å². The number of fused-ring (bicyclic) bond motifs is 1. The molecular weight excluding hydrogens is 199 g/mol. The molecule has 2 heterocycles. The largest absolute Gasteiger partial charge is 0.477 e. The molecule has 2 rings (SSSR count). The summed E-state index contributed by atoms with van der Waals surface area (Å²) in [5.74, 6) is -1.47. The Morgan fingerprint density at radius 3 is 2.80 bits per heavy atom. The van der Waals surface area contributed by atoms with Gasteiger partial charge >= 0.3 is 5.97 Å². The first kappa shape index (κ1) is 9.64. The van der Waals surface area contributed by atoms with E-state index >= 15 is 0 Å². The van der Waals surface area contributed by atoms with Gasteiger partial charge in [0.2, 0.25) is 0 Å². The molecule has 15 heavy (non-hydrogen) atoms. The summed E-state index contributed by atoms with van der Waals surface area (Å²) in [4.78, 5) is 17.3. The molecule has 0 atom stereocenters. The van der Waals surface area contributed by atoms with Crippen LogP contribution in [-0.2, 0) is 0 Å². The van der Waals surface area contributed by atoms with Gasteiger partial charge in [-0.3, -0.25) is 0 Å². The Balaban J connectivity index is 2.82. The van der Waals surface area contributed by atoms with Gasteiger partial charge in [0.05, 0.1) is 5.69 Å². The van der Waals surface area contributed by atoms with Crippen molar-refractivity contribution in [3.8, 4) is 0 Å². The second kappa shape index (κ2) is 3.05. The van der Waals surface area contributed by atoms with Crippen LogP contribution in [0.5, 0.6) is 0 Å². The van der Waals surface area contributed by atoms with Crippen molar-refractivity contribution in [2.75, 3.05) is 0 Å². The van der Waals surface area contributed by atoms with E-state index in [4.69, 9.17) is 5.11 Å². The predicted molar refractivity (Wildman–Crippen MR) is 52.5 cm³/mol. The molecule has 0 aliphatic heterocycles. The van der Waals surface area contributed by atoms with Crippen LogP contribution in [0.25, 0.3) is 11.0 Å². The summed E-state index contributed by atoms with van der Waals surface area (Å²) >= 11 is 0. The SMILES string of the molecule is Cc1nc2[nH]c(C(=O)O)cc2c(C)c1F. The number of carboxylic acids is 1. The van der Waals surface area contributed by atoms with Crippen LogP contribution in [0.15, 0.2) is 6.07 Å². The van der Waals surface area contributed by atoms with Crippen molar-refractivity contribution < 1.29 is 14.3 Å². The zero-order chi connectivity index (χ0) is 11.2. The Morgan fingerprint density at radius 1 is 1.53 bits per heavy atom. The normalized spacial score (nSPS) is 10.9. The van der Waals surface area contributed by atoms with Crippen molar-refractivity contribution in [1.29, 1.82) is 0 Å². The fourth-order valence-corrected chi connectivity index (χ4v) is 1.54. The molecule has 4 nitrogen and oxygen atoms in total. The summed E-state index contributed by atoms with van der Waals surface area (Å²) in [5.41, 5.74) is 1.11. The van der Waals surface area contributed by atoms with Crippen LogP contribution < -0.4 is 0 Å². The first-order valence-electron chi connectivity index (χ1n) is 4.39. The number of aryl methyl sites for hydroxylation is 2. The number of aromatic amines is 1. The average Bonchev–Trinajstić information content (AvgIpc) is 2.58. The molecule has 0 spiro atoms. The Bertz CT molecular complexity index is 560. The summed E-state index contributed by atoms with van der Waals surface area (Å²) in [5, 5.41) is 9.27. The summed E-state index contributed by atoms with van der Waals surface area (Å²) in [6.45, 7) is 3.15. The van der Waals surface area contributed by atoms with Crippen LogP contribution in [-0.4, -0.2) is 21.0 Å². The maximum absolute atomic E-state index is 13.4. The lowest BCUT2D eigenvalue weighted by atomic mass is 10.1. The molecular formula is C10H9FN2O2. The van der Waals surface area contributed by atoms with Crippen LogP contribution in [0.1, 0.15) is 21.7 Å². The molecule has 2 aromatic rings. The molecule has 2 aromatic heterocycles. The number of hydrogen-bond acceptors (Lipinski definition) is 2. The lowest BCUT2D eigenvalue weighted by molar-refractivity contribution is 0.0691. The first-order chi connectivity index (χ1) is 7.00. The van der Waals surface area contributed by atoms with Gasteiger partial charge in [0.25, 0.3) is 0 Å².